The molecule has 0 aromatic carbocycles. The van der Waals surface area contributed by atoms with E-state index >= 15 is 0 Å². The van der Waals surface area contributed by atoms with Gasteiger partial charge in [0.1, 0.15) is 0 Å². The standard InChI is InChI=1S/C17H38N2O/c1-16(2)14-18-10-8-6-7-9-11-19(12-13-20-5)15-17(3)4/h16-18H,6-15H2,1-5H3. The van der Waals surface area contributed by atoms with Crippen molar-refractivity contribution >= 4 is 0 Å². The van der Waals surface area contributed by atoms with Crippen LogP contribution in [-0.4, -0.2) is 51.3 Å². The smallest absolute Gasteiger partial charge is 0.0589 e. The maximum atomic E-state index is 5.19. The van der Waals surface area contributed by atoms with Crippen molar-refractivity contribution in [3.8, 4) is 0 Å². The van der Waals surface area contributed by atoms with Crippen molar-refractivity contribution in [3.63, 3.8) is 0 Å². The van der Waals surface area contributed by atoms with Crippen molar-refractivity contribution in [3.05, 3.63) is 0 Å². The molecule has 0 amide bonds. The minimum absolute atomic E-state index is 0.743. The normalized spacial score (nSPS) is 12.0. The van der Waals surface area contributed by atoms with Crippen molar-refractivity contribution in [1.29, 1.82) is 0 Å². The Morgan fingerprint density at radius 2 is 1.60 bits per heavy atom. The molecular weight excluding hydrogens is 248 g/mol. The third kappa shape index (κ3) is 14.3. The van der Waals surface area contributed by atoms with Gasteiger partial charge in [-0.2, -0.15) is 0 Å². The lowest BCUT2D eigenvalue weighted by atomic mass is 10.1. The van der Waals surface area contributed by atoms with Gasteiger partial charge in [0.2, 0.25) is 0 Å². The molecule has 0 aromatic heterocycles. The summed E-state index contributed by atoms with van der Waals surface area (Å²) < 4.78 is 5.19. The number of unbranched alkanes of at least 4 members (excludes halogenated alkanes) is 3. The van der Waals surface area contributed by atoms with Gasteiger partial charge in [0.05, 0.1) is 6.61 Å². The summed E-state index contributed by atoms with van der Waals surface area (Å²) in [5, 5.41) is 3.51. The molecule has 20 heavy (non-hydrogen) atoms. The van der Waals surface area contributed by atoms with E-state index in [1.807, 2.05) is 0 Å². The molecule has 122 valence electrons. The molecule has 0 aliphatic rings. The van der Waals surface area contributed by atoms with Crippen LogP contribution in [0.3, 0.4) is 0 Å². The molecule has 0 spiro atoms. The van der Waals surface area contributed by atoms with Crippen LogP contribution in [0.5, 0.6) is 0 Å². The topological polar surface area (TPSA) is 24.5 Å². The highest BCUT2D eigenvalue weighted by molar-refractivity contribution is 4.61. The first-order valence-corrected chi connectivity index (χ1v) is 8.48. The predicted octanol–water partition coefficient (Wildman–Crippen LogP) is 3.40. The average molecular weight is 287 g/mol. The van der Waals surface area contributed by atoms with E-state index in [0.717, 1.165) is 31.5 Å². The third-order valence-corrected chi connectivity index (χ3v) is 3.37. The molecule has 0 rings (SSSR count). The highest BCUT2D eigenvalue weighted by Gasteiger charge is 2.06. The fourth-order valence-electron chi connectivity index (χ4n) is 2.36. The second-order valence-electron chi connectivity index (χ2n) is 6.70. The molecule has 0 saturated heterocycles. The zero-order valence-corrected chi connectivity index (χ0v) is 14.6. The molecule has 0 saturated carbocycles. The zero-order valence-electron chi connectivity index (χ0n) is 14.6. The lowest BCUT2D eigenvalue weighted by Crippen LogP contribution is -2.32. The Balaban J connectivity index is 3.47. The zero-order chi connectivity index (χ0) is 15.2. The Bertz CT molecular complexity index is 195. The van der Waals surface area contributed by atoms with Crippen LogP contribution in [0.1, 0.15) is 53.4 Å². The van der Waals surface area contributed by atoms with E-state index in [0.29, 0.717) is 0 Å². The quantitative estimate of drug-likeness (QED) is 0.495. The number of ether oxygens (including phenoxy) is 1. The molecule has 0 aromatic rings. The van der Waals surface area contributed by atoms with Gasteiger partial charge in [-0.05, 0) is 44.3 Å². The van der Waals surface area contributed by atoms with Gasteiger partial charge >= 0.3 is 0 Å². The summed E-state index contributed by atoms with van der Waals surface area (Å²) in [6.07, 6.45) is 5.34. The van der Waals surface area contributed by atoms with Crippen LogP contribution in [-0.2, 0) is 4.74 Å². The summed E-state index contributed by atoms with van der Waals surface area (Å²) >= 11 is 0. The Morgan fingerprint density at radius 3 is 2.20 bits per heavy atom. The second-order valence-corrected chi connectivity index (χ2v) is 6.70. The monoisotopic (exact) mass is 286 g/mol. The summed E-state index contributed by atoms with van der Waals surface area (Å²) in [6, 6.07) is 0. The van der Waals surface area contributed by atoms with Gasteiger partial charge in [-0.15, -0.1) is 0 Å². The maximum absolute atomic E-state index is 5.19. The summed E-state index contributed by atoms with van der Waals surface area (Å²) in [5.74, 6) is 1.51. The lowest BCUT2D eigenvalue weighted by Gasteiger charge is -2.23. The van der Waals surface area contributed by atoms with Gasteiger partial charge in [-0.1, -0.05) is 40.5 Å². The predicted molar refractivity (Wildman–Crippen MR) is 89.3 cm³/mol. The van der Waals surface area contributed by atoms with Crippen LogP contribution in [0.2, 0.25) is 0 Å². The maximum Gasteiger partial charge on any atom is 0.0589 e. The molecule has 1 N–H and O–H groups in total. The minimum Gasteiger partial charge on any atom is -0.383 e. The van der Waals surface area contributed by atoms with E-state index in [-0.39, 0.29) is 0 Å². The molecule has 0 aliphatic heterocycles. The van der Waals surface area contributed by atoms with Crippen molar-refractivity contribution < 1.29 is 4.74 Å². The summed E-state index contributed by atoms with van der Waals surface area (Å²) in [6.45, 7) is 15.8. The molecule has 0 unspecified atom stereocenters. The Kier molecular flexibility index (Phi) is 13.8. The first kappa shape index (κ1) is 19.9. The van der Waals surface area contributed by atoms with Crippen LogP contribution < -0.4 is 5.32 Å². The summed E-state index contributed by atoms with van der Waals surface area (Å²) in [5.41, 5.74) is 0. The van der Waals surface area contributed by atoms with Crippen LogP contribution in [0, 0.1) is 11.8 Å². The van der Waals surface area contributed by atoms with Gasteiger partial charge in [0.25, 0.3) is 0 Å². The number of nitrogens with zero attached hydrogens (tertiary/aromatic N) is 1. The number of nitrogens with one attached hydrogen (secondary N) is 1. The van der Waals surface area contributed by atoms with E-state index in [1.54, 1.807) is 7.11 Å². The van der Waals surface area contributed by atoms with E-state index in [1.165, 1.54) is 45.3 Å². The Labute approximate surface area is 127 Å². The van der Waals surface area contributed by atoms with Crippen molar-refractivity contribution in [2.75, 3.05) is 46.4 Å². The molecule has 0 radical (unpaired) electrons. The van der Waals surface area contributed by atoms with Crippen molar-refractivity contribution in [2.45, 2.75) is 53.4 Å². The first-order chi connectivity index (χ1) is 9.56. The molecular formula is C17H38N2O. The van der Waals surface area contributed by atoms with Crippen molar-refractivity contribution in [2.24, 2.45) is 11.8 Å². The van der Waals surface area contributed by atoms with Crippen LogP contribution in [0.25, 0.3) is 0 Å². The van der Waals surface area contributed by atoms with Gasteiger partial charge in [0, 0.05) is 20.2 Å². The largest absolute Gasteiger partial charge is 0.383 e. The van der Waals surface area contributed by atoms with E-state index < -0.39 is 0 Å². The molecule has 0 aliphatic carbocycles. The van der Waals surface area contributed by atoms with Gasteiger partial charge < -0.3 is 15.0 Å². The number of hydrogen-bond acceptors (Lipinski definition) is 3. The second kappa shape index (κ2) is 13.8. The number of hydrogen-bond donors (Lipinski definition) is 1. The molecule has 3 heteroatoms. The average Bonchev–Trinajstić information content (AvgIpc) is 2.37. The first-order valence-electron chi connectivity index (χ1n) is 8.48. The molecule has 0 bridgehead atoms. The number of methoxy groups -OCH3 is 1. The van der Waals surface area contributed by atoms with Gasteiger partial charge in [-0.3, -0.25) is 0 Å². The minimum atomic E-state index is 0.743. The van der Waals surface area contributed by atoms with Crippen molar-refractivity contribution in [1.82, 2.24) is 10.2 Å². The Morgan fingerprint density at radius 1 is 0.900 bits per heavy atom. The Hall–Kier alpha value is -0.120. The summed E-state index contributed by atoms with van der Waals surface area (Å²) in [7, 11) is 1.79. The fraction of sp³-hybridized carbons (Fsp3) is 1.00. The van der Waals surface area contributed by atoms with Crippen LogP contribution in [0.4, 0.5) is 0 Å². The highest BCUT2D eigenvalue weighted by atomic mass is 16.5. The highest BCUT2D eigenvalue weighted by Crippen LogP contribution is 2.04. The SMILES string of the molecule is COCCN(CCCCCCNCC(C)C)CC(C)C. The third-order valence-electron chi connectivity index (χ3n) is 3.37. The summed E-state index contributed by atoms with van der Waals surface area (Å²) in [4.78, 5) is 2.55. The molecule has 0 fully saturated rings. The van der Waals surface area contributed by atoms with Gasteiger partial charge in [-0.25, -0.2) is 0 Å². The molecule has 0 atom stereocenters. The van der Waals surface area contributed by atoms with E-state index in [4.69, 9.17) is 4.74 Å². The van der Waals surface area contributed by atoms with Crippen LogP contribution in [0.15, 0.2) is 0 Å². The fourth-order valence-corrected chi connectivity index (χ4v) is 2.36. The lowest BCUT2D eigenvalue weighted by molar-refractivity contribution is 0.138. The molecule has 0 heterocycles. The van der Waals surface area contributed by atoms with E-state index in [9.17, 15) is 0 Å². The molecule has 3 nitrogen and oxygen atoms in total. The number of rotatable bonds is 14. The van der Waals surface area contributed by atoms with Crippen LogP contribution >= 0.6 is 0 Å². The van der Waals surface area contributed by atoms with E-state index in [2.05, 4.69) is 37.9 Å². The van der Waals surface area contributed by atoms with Gasteiger partial charge in [0.15, 0.2) is 0 Å².